The van der Waals surface area contributed by atoms with Gasteiger partial charge in [0.15, 0.2) is 0 Å². The Morgan fingerprint density at radius 2 is 2.00 bits per heavy atom. The summed E-state index contributed by atoms with van der Waals surface area (Å²) in [4.78, 5) is 9.06. The number of thioether (sulfide) groups is 1. The highest BCUT2D eigenvalue weighted by atomic mass is 127. The summed E-state index contributed by atoms with van der Waals surface area (Å²) in [5.74, 6) is 2.99. The molecule has 0 bridgehead atoms. The van der Waals surface area contributed by atoms with E-state index in [0.29, 0.717) is 11.7 Å². The molecule has 3 nitrogen and oxygen atoms in total. The van der Waals surface area contributed by atoms with Crippen molar-refractivity contribution in [2.45, 2.75) is 50.0 Å². The van der Waals surface area contributed by atoms with Crippen LogP contribution in [0.1, 0.15) is 51.0 Å². The SMILES string of the molecule is CC(C)(C)SCc1nc(N)c(I)c(C2CC2)n1. The fourth-order valence-corrected chi connectivity index (χ4v) is 2.88. The standard InChI is InChI=1S/C12H18IN3S/c1-12(2,3)17-6-8-15-10(7-4-5-7)9(13)11(14)16-8/h7H,4-6H2,1-3H3,(H2,14,15,16). The molecule has 5 heteroatoms. The van der Waals surface area contributed by atoms with Gasteiger partial charge in [-0.25, -0.2) is 9.97 Å². The summed E-state index contributed by atoms with van der Waals surface area (Å²) in [5, 5.41) is 0. The third-order valence-corrected chi connectivity index (χ3v) is 4.92. The van der Waals surface area contributed by atoms with Gasteiger partial charge in [0, 0.05) is 10.7 Å². The molecule has 2 rings (SSSR count). The lowest BCUT2D eigenvalue weighted by Crippen LogP contribution is -2.11. The fourth-order valence-electron chi connectivity index (χ4n) is 1.51. The van der Waals surface area contributed by atoms with Gasteiger partial charge in [0.05, 0.1) is 15.0 Å². The topological polar surface area (TPSA) is 51.8 Å². The van der Waals surface area contributed by atoms with Crippen LogP contribution in [0.4, 0.5) is 5.82 Å². The van der Waals surface area contributed by atoms with E-state index in [9.17, 15) is 0 Å². The van der Waals surface area contributed by atoms with E-state index in [1.54, 1.807) is 0 Å². The maximum absolute atomic E-state index is 5.96. The van der Waals surface area contributed by atoms with Crippen molar-refractivity contribution in [2.75, 3.05) is 5.73 Å². The van der Waals surface area contributed by atoms with Crippen molar-refractivity contribution in [3.05, 3.63) is 15.1 Å². The van der Waals surface area contributed by atoms with Crippen LogP contribution < -0.4 is 5.73 Å². The molecule has 2 N–H and O–H groups in total. The molecule has 0 spiro atoms. The maximum atomic E-state index is 5.96. The average molecular weight is 363 g/mol. The summed E-state index contributed by atoms with van der Waals surface area (Å²) in [7, 11) is 0. The number of anilines is 1. The van der Waals surface area contributed by atoms with Crippen molar-refractivity contribution < 1.29 is 0 Å². The molecule has 1 fully saturated rings. The molecule has 1 aromatic rings. The highest BCUT2D eigenvalue weighted by Gasteiger charge is 2.29. The predicted octanol–water partition coefficient (Wildman–Crippen LogP) is 3.57. The van der Waals surface area contributed by atoms with E-state index < -0.39 is 0 Å². The first-order valence-electron chi connectivity index (χ1n) is 5.82. The zero-order valence-electron chi connectivity index (χ0n) is 10.5. The second-order valence-corrected chi connectivity index (χ2v) is 8.28. The van der Waals surface area contributed by atoms with Crippen LogP contribution in [0.5, 0.6) is 0 Å². The van der Waals surface area contributed by atoms with Gasteiger partial charge in [0.25, 0.3) is 0 Å². The second kappa shape index (κ2) is 4.91. The largest absolute Gasteiger partial charge is 0.383 e. The van der Waals surface area contributed by atoms with Crippen molar-refractivity contribution in [3.63, 3.8) is 0 Å². The van der Waals surface area contributed by atoms with E-state index in [2.05, 4.69) is 53.3 Å². The molecule has 1 heterocycles. The fraction of sp³-hybridized carbons (Fsp3) is 0.667. The van der Waals surface area contributed by atoms with E-state index in [4.69, 9.17) is 5.73 Å². The van der Waals surface area contributed by atoms with Crippen LogP contribution in [0.2, 0.25) is 0 Å². The highest BCUT2D eigenvalue weighted by Crippen LogP contribution is 2.42. The molecular weight excluding hydrogens is 345 g/mol. The summed E-state index contributed by atoms with van der Waals surface area (Å²) >= 11 is 4.12. The minimum Gasteiger partial charge on any atom is -0.383 e. The second-order valence-electron chi connectivity index (χ2n) is 5.40. The lowest BCUT2D eigenvalue weighted by molar-refractivity contribution is 0.799. The molecule has 0 aliphatic heterocycles. The molecule has 1 aromatic heterocycles. The summed E-state index contributed by atoms with van der Waals surface area (Å²) in [5.41, 5.74) is 7.13. The van der Waals surface area contributed by atoms with E-state index in [-0.39, 0.29) is 4.75 Å². The maximum Gasteiger partial charge on any atom is 0.140 e. The molecule has 17 heavy (non-hydrogen) atoms. The smallest absolute Gasteiger partial charge is 0.140 e. The van der Waals surface area contributed by atoms with Crippen molar-refractivity contribution in [1.29, 1.82) is 0 Å². The number of nitrogens with zero attached hydrogens (tertiary/aromatic N) is 2. The molecule has 0 atom stereocenters. The molecule has 0 unspecified atom stereocenters. The molecule has 1 aliphatic carbocycles. The van der Waals surface area contributed by atoms with E-state index in [0.717, 1.165) is 15.1 Å². The van der Waals surface area contributed by atoms with Crippen LogP contribution in [-0.4, -0.2) is 14.7 Å². The Bertz CT molecular complexity index is 424. The Morgan fingerprint density at radius 1 is 1.35 bits per heavy atom. The van der Waals surface area contributed by atoms with Gasteiger partial charge in [-0.1, -0.05) is 20.8 Å². The first-order chi connectivity index (χ1) is 7.87. The minimum absolute atomic E-state index is 0.237. The molecule has 0 aromatic carbocycles. The normalized spacial score (nSPS) is 16.2. The first-order valence-corrected chi connectivity index (χ1v) is 7.89. The van der Waals surface area contributed by atoms with Gasteiger partial charge in [-0.2, -0.15) is 0 Å². The number of hydrogen-bond acceptors (Lipinski definition) is 4. The predicted molar refractivity (Wildman–Crippen MR) is 82.2 cm³/mol. The number of rotatable bonds is 3. The molecule has 0 radical (unpaired) electrons. The molecular formula is C12H18IN3S. The number of aromatic nitrogens is 2. The van der Waals surface area contributed by atoms with Gasteiger partial charge in [0.1, 0.15) is 11.6 Å². The molecule has 1 saturated carbocycles. The van der Waals surface area contributed by atoms with Crippen molar-refractivity contribution >= 4 is 40.2 Å². The highest BCUT2D eigenvalue weighted by molar-refractivity contribution is 14.1. The van der Waals surface area contributed by atoms with Crippen LogP contribution in [0, 0.1) is 3.57 Å². The summed E-state index contributed by atoms with van der Waals surface area (Å²) in [6.07, 6.45) is 2.50. The zero-order chi connectivity index (χ0) is 12.6. The van der Waals surface area contributed by atoms with E-state index in [1.165, 1.54) is 18.5 Å². The third kappa shape index (κ3) is 3.71. The van der Waals surface area contributed by atoms with E-state index in [1.807, 2.05) is 11.8 Å². The Morgan fingerprint density at radius 3 is 2.53 bits per heavy atom. The van der Waals surface area contributed by atoms with Gasteiger partial charge < -0.3 is 5.73 Å². The van der Waals surface area contributed by atoms with Crippen LogP contribution in [0.25, 0.3) is 0 Å². The van der Waals surface area contributed by atoms with Gasteiger partial charge in [-0.15, -0.1) is 11.8 Å². The summed E-state index contributed by atoms with van der Waals surface area (Å²) in [6.45, 7) is 6.61. The third-order valence-electron chi connectivity index (χ3n) is 2.55. The van der Waals surface area contributed by atoms with Crippen molar-refractivity contribution in [3.8, 4) is 0 Å². The van der Waals surface area contributed by atoms with Gasteiger partial charge in [-0.05, 0) is 35.4 Å². The van der Waals surface area contributed by atoms with Crippen molar-refractivity contribution in [1.82, 2.24) is 9.97 Å². The minimum atomic E-state index is 0.237. The summed E-state index contributed by atoms with van der Waals surface area (Å²) < 4.78 is 1.29. The van der Waals surface area contributed by atoms with E-state index >= 15 is 0 Å². The Kier molecular flexibility index (Phi) is 3.87. The average Bonchev–Trinajstić information content (AvgIpc) is 3.02. The molecule has 94 valence electrons. The number of hydrogen-bond donors (Lipinski definition) is 1. The van der Waals surface area contributed by atoms with Crippen molar-refractivity contribution in [2.24, 2.45) is 0 Å². The van der Waals surface area contributed by atoms with Crippen LogP contribution in [0.3, 0.4) is 0 Å². The Labute approximate surface area is 121 Å². The Balaban J connectivity index is 2.17. The first kappa shape index (κ1) is 13.4. The number of nitrogens with two attached hydrogens (primary N) is 1. The van der Waals surface area contributed by atoms with Crippen LogP contribution in [0.15, 0.2) is 0 Å². The van der Waals surface area contributed by atoms with Gasteiger partial charge >= 0.3 is 0 Å². The number of nitrogen functional groups attached to an aromatic ring is 1. The molecule has 1 aliphatic rings. The quantitative estimate of drug-likeness (QED) is 0.835. The van der Waals surface area contributed by atoms with Crippen LogP contribution >= 0.6 is 34.4 Å². The van der Waals surface area contributed by atoms with Crippen LogP contribution in [-0.2, 0) is 5.75 Å². The Hall–Kier alpha value is -0.0400. The monoisotopic (exact) mass is 363 g/mol. The van der Waals surface area contributed by atoms with Gasteiger partial charge in [0.2, 0.25) is 0 Å². The van der Waals surface area contributed by atoms with Gasteiger partial charge in [-0.3, -0.25) is 0 Å². The lowest BCUT2D eigenvalue weighted by Gasteiger charge is -2.17. The zero-order valence-corrected chi connectivity index (χ0v) is 13.4. The number of halogens is 1. The lowest BCUT2D eigenvalue weighted by atomic mass is 10.3. The molecule has 0 amide bonds. The summed E-state index contributed by atoms with van der Waals surface area (Å²) in [6, 6.07) is 0. The molecule has 0 saturated heterocycles.